The minimum absolute atomic E-state index is 0.235. The summed E-state index contributed by atoms with van der Waals surface area (Å²) in [6, 6.07) is 13.9. The van der Waals surface area contributed by atoms with Crippen molar-refractivity contribution in [3.8, 4) is 0 Å². The number of hydrogen-bond acceptors (Lipinski definition) is 1. The minimum atomic E-state index is 0.235. The number of hydrogen-bond donors (Lipinski definition) is 1. The monoisotopic (exact) mass is 293 g/mol. The van der Waals surface area contributed by atoms with Crippen molar-refractivity contribution in [1.29, 1.82) is 0 Å². The first kappa shape index (κ1) is 14.4. The van der Waals surface area contributed by atoms with Crippen LogP contribution in [0.25, 0.3) is 0 Å². The second-order valence-corrected chi connectivity index (χ2v) is 5.51. The lowest BCUT2D eigenvalue weighted by Crippen LogP contribution is -2.16. The van der Waals surface area contributed by atoms with Crippen molar-refractivity contribution in [3.63, 3.8) is 0 Å². The molecule has 0 amide bonds. The fourth-order valence-electron chi connectivity index (χ4n) is 2.34. The van der Waals surface area contributed by atoms with E-state index >= 15 is 0 Å². The third-order valence-corrected chi connectivity index (χ3v) is 4.13. The summed E-state index contributed by atoms with van der Waals surface area (Å²) in [5.41, 5.74) is 9.43. The number of benzene rings is 2. The molecule has 1 unspecified atom stereocenters. The summed E-state index contributed by atoms with van der Waals surface area (Å²) in [5, 5.41) is 1.42. The molecule has 0 aliphatic heterocycles. The molecule has 3 heteroatoms. The molecule has 2 aromatic carbocycles. The largest absolute Gasteiger partial charge is 0.330 e. The van der Waals surface area contributed by atoms with E-state index in [-0.39, 0.29) is 5.92 Å². The second kappa shape index (κ2) is 6.42. The summed E-state index contributed by atoms with van der Waals surface area (Å²) in [6.07, 6.45) is 0.764. The fraction of sp³-hybridized carbons (Fsp3) is 0.250. The Kier molecular flexibility index (Phi) is 4.87. The zero-order chi connectivity index (χ0) is 13.8. The van der Waals surface area contributed by atoms with Crippen LogP contribution < -0.4 is 5.73 Å². The highest BCUT2D eigenvalue weighted by Gasteiger charge is 2.16. The molecule has 2 rings (SSSR count). The zero-order valence-electron chi connectivity index (χ0n) is 10.9. The Hall–Kier alpha value is -1.02. The Morgan fingerprint density at radius 2 is 1.63 bits per heavy atom. The van der Waals surface area contributed by atoms with Crippen LogP contribution in [0.15, 0.2) is 42.5 Å². The predicted octanol–water partition coefficient (Wildman–Crippen LogP) is 4.59. The zero-order valence-corrected chi connectivity index (χ0v) is 12.4. The Morgan fingerprint density at radius 3 is 2.21 bits per heavy atom. The summed E-state index contributed by atoms with van der Waals surface area (Å²) in [7, 11) is 0. The average Bonchev–Trinajstić information content (AvgIpc) is 2.40. The van der Waals surface area contributed by atoms with Gasteiger partial charge in [-0.15, -0.1) is 0 Å². The third kappa shape index (κ3) is 3.30. The molecule has 0 saturated carbocycles. The van der Waals surface area contributed by atoms with Gasteiger partial charge in [0, 0.05) is 16.0 Å². The van der Waals surface area contributed by atoms with Crippen molar-refractivity contribution in [3.05, 3.63) is 69.2 Å². The summed E-state index contributed by atoms with van der Waals surface area (Å²) in [6.45, 7) is 2.68. The molecular weight excluding hydrogens is 277 g/mol. The van der Waals surface area contributed by atoms with Gasteiger partial charge >= 0.3 is 0 Å². The number of halogens is 2. The topological polar surface area (TPSA) is 26.0 Å². The van der Waals surface area contributed by atoms with Gasteiger partial charge in [0.2, 0.25) is 0 Å². The van der Waals surface area contributed by atoms with Gasteiger partial charge in [0.1, 0.15) is 0 Å². The Bertz CT molecular complexity index is 546. The first-order valence-electron chi connectivity index (χ1n) is 6.32. The smallest absolute Gasteiger partial charge is 0.0453 e. The quantitative estimate of drug-likeness (QED) is 0.877. The van der Waals surface area contributed by atoms with Crippen molar-refractivity contribution in [2.24, 2.45) is 5.73 Å². The standard InChI is InChI=1S/C16H17Cl2N/c1-11-5-2-3-6-13(11)12(10-19)9-14-15(17)7-4-8-16(14)18/h2-8,12H,9-10,19H2,1H3. The molecule has 0 fully saturated rings. The highest BCUT2D eigenvalue weighted by Crippen LogP contribution is 2.31. The minimum Gasteiger partial charge on any atom is -0.330 e. The van der Waals surface area contributed by atoms with Gasteiger partial charge in [-0.05, 0) is 48.7 Å². The van der Waals surface area contributed by atoms with E-state index in [0.29, 0.717) is 16.6 Å². The van der Waals surface area contributed by atoms with Gasteiger partial charge in [-0.25, -0.2) is 0 Å². The van der Waals surface area contributed by atoms with Gasteiger partial charge in [-0.1, -0.05) is 53.5 Å². The first-order valence-corrected chi connectivity index (χ1v) is 7.07. The molecule has 0 aromatic heterocycles. The lowest BCUT2D eigenvalue weighted by molar-refractivity contribution is 0.690. The van der Waals surface area contributed by atoms with Crippen molar-refractivity contribution in [2.45, 2.75) is 19.3 Å². The van der Waals surface area contributed by atoms with Crippen LogP contribution in [0.3, 0.4) is 0 Å². The predicted molar refractivity (Wildman–Crippen MR) is 83.1 cm³/mol. The lowest BCUT2D eigenvalue weighted by atomic mass is 9.89. The van der Waals surface area contributed by atoms with Crippen LogP contribution in [0.5, 0.6) is 0 Å². The van der Waals surface area contributed by atoms with Crippen molar-refractivity contribution in [2.75, 3.05) is 6.54 Å². The summed E-state index contributed by atoms with van der Waals surface area (Å²) in [5.74, 6) is 0.235. The van der Waals surface area contributed by atoms with Crippen LogP contribution in [0.2, 0.25) is 10.0 Å². The van der Waals surface area contributed by atoms with Crippen molar-refractivity contribution in [1.82, 2.24) is 0 Å². The number of rotatable bonds is 4. The van der Waals surface area contributed by atoms with Gasteiger partial charge in [0.15, 0.2) is 0 Å². The molecule has 100 valence electrons. The first-order chi connectivity index (χ1) is 9.13. The molecule has 0 bridgehead atoms. The molecule has 19 heavy (non-hydrogen) atoms. The SMILES string of the molecule is Cc1ccccc1C(CN)Cc1c(Cl)cccc1Cl. The van der Waals surface area contributed by atoms with Gasteiger partial charge in [-0.3, -0.25) is 0 Å². The lowest BCUT2D eigenvalue weighted by Gasteiger charge is -2.19. The van der Waals surface area contributed by atoms with E-state index in [4.69, 9.17) is 28.9 Å². The Balaban J connectivity index is 2.32. The molecule has 0 aliphatic rings. The molecule has 2 N–H and O–H groups in total. The normalized spacial score (nSPS) is 12.4. The summed E-state index contributed by atoms with van der Waals surface area (Å²) in [4.78, 5) is 0. The molecule has 1 nitrogen and oxygen atoms in total. The van der Waals surface area contributed by atoms with E-state index in [9.17, 15) is 0 Å². The summed E-state index contributed by atoms with van der Waals surface area (Å²) >= 11 is 12.5. The van der Waals surface area contributed by atoms with Crippen LogP contribution >= 0.6 is 23.2 Å². The van der Waals surface area contributed by atoms with E-state index in [2.05, 4.69) is 19.1 Å². The van der Waals surface area contributed by atoms with Crippen LogP contribution in [0, 0.1) is 6.92 Å². The molecule has 2 aromatic rings. The van der Waals surface area contributed by atoms with E-state index in [1.54, 1.807) is 0 Å². The van der Waals surface area contributed by atoms with Crippen LogP contribution in [0.4, 0.5) is 0 Å². The molecular formula is C16H17Cl2N. The number of nitrogens with two attached hydrogens (primary N) is 1. The molecule has 0 saturated heterocycles. The maximum Gasteiger partial charge on any atom is 0.0453 e. The van der Waals surface area contributed by atoms with Crippen LogP contribution in [0.1, 0.15) is 22.6 Å². The average molecular weight is 294 g/mol. The van der Waals surface area contributed by atoms with Crippen molar-refractivity contribution < 1.29 is 0 Å². The molecule has 0 heterocycles. The van der Waals surface area contributed by atoms with Gasteiger partial charge in [0.25, 0.3) is 0 Å². The van der Waals surface area contributed by atoms with Gasteiger partial charge in [-0.2, -0.15) is 0 Å². The Labute approximate surface area is 124 Å². The molecule has 0 aliphatic carbocycles. The molecule has 0 spiro atoms. The van der Waals surface area contributed by atoms with E-state index in [1.807, 2.05) is 30.3 Å². The van der Waals surface area contributed by atoms with Gasteiger partial charge < -0.3 is 5.73 Å². The maximum atomic E-state index is 6.23. The van der Waals surface area contributed by atoms with Crippen LogP contribution in [-0.2, 0) is 6.42 Å². The second-order valence-electron chi connectivity index (χ2n) is 4.69. The Morgan fingerprint density at radius 1 is 1.00 bits per heavy atom. The molecule has 0 radical (unpaired) electrons. The van der Waals surface area contributed by atoms with E-state index in [0.717, 1.165) is 12.0 Å². The maximum absolute atomic E-state index is 6.23. The van der Waals surface area contributed by atoms with E-state index in [1.165, 1.54) is 11.1 Å². The number of aryl methyl sites for hydroxylation is 1. The van der Waals surface area contributed by atoms with Crippen LogP contribution in [-0.4, -0.2) is 6.54 Å². The van der Waals surface area contributed by atoms with Gasteiger partial charge in [0.05, 0.1) is 0 Å². The fourth-order valence-corrected chi connectivity index (χ4v) is 2.89. The molecule has 1 atom stereocenters. The van der Waals surface area contributed by atoms with E-state index < -0.39 is 0 Å². The third-order valence-electron chi connectivity index (χ3n) is 3.43. The highest BCUT2D eigenvalue weighted by molar-refractivity contribution is 6.36. The van der Waals surface area contributed by atoms with Crippen molar-refractivity contribution >= 4 is 23.2 Å². The summed E-state index contributed by atoms with van der Waals surface area (Å²) < 4.78 is 0. The highest BCUT2D eigenvalue weighted by atomic mass is 35.5.